The molecule has 0 saturated carbocycles. The van der Waals surface area contributed by atoms with Crippen LogP contribution >= 0.6 is 46.4 Å². The summed E-state index contributed by atoms with van der Waals surface area (Å²) in [5.74, 6) is 0.365. The second-order valence-corrected chi connectivity index (χ2v) is 7.50. The van der Waals surface area contributed by atoms with Crippen LogP contribution in [0.2, 0.25) is 20.1 Å². The van der Waals surface area contributed by atoms with E-state index in [9.17, 15) is 4.79 Å². The molecule has 0 aliphatic rings. The minimum Gasteiger partial charge on any atom is -0.268 e. The molecule has 4 aromatic rings. The zero-order valence-electron chi connectivity index (χ0n) is 13.6. The molecule has 0 bridgehead atoms. The van der Waals surface area contributed by atoms with Gasteiger partial charge in [0, 0.05) is 15.6 Å². The summed E-state index contributed by atoms with van der Waals surface area (Å²) in [6, 6.07) is 17.0. The minimum absolute atomic E-state index is 0.258. The highest BCUT2D eigenvalue weighted by Gasteiger charge is 2.18. The normalized spacial score (nSPS) is 11.1. The lowest BCUT2D eigenvalue weighted by atomic mass is 10.1. The van der Waals surface area contributed by atoms with E-state index in [0.717, 1.165) is 0 Å². The summed E-state index contributed by atoms with van der Waals surface area (Å²) in [4.78, 5) is 18.0. The smallest absolute Gasteiger partial charge is 0.266 e. The van der Waals surface area contributed by atoms with Crippen molar-refractivity contribution in [2.45, 2.75) is 0 Å². The Labute approximate surface area is 174 Å². The van der Waals surface area contributed by atoms with Crippen LogP contribution in [0.15, 0.2) is 65.5 Å². The molecule has 27 heavy (non-hydrogen) atoms. The van der Waals surface area contributed by atoms with Gasteiger partial charge in [-0.3, -0.25) is 9.36 Å². The fourth-order valence-electron chi connectivity index (χ4n) is 2.87. The molecule has 7 heteroatoms. The van der Waals surface area contributed by atoms with Crippen LogP contribution < -0.4 is 5.56 Å². The summed E-state index contributed by atoms with van der Waals surface area (Å²) in [5, 5.41) is 2.13. The number of benzene rings is 3. The lowest BCUT2D eigenvalue weighted by Gasteiger charge is -2.16. The maximum absolute atomic E-state index is 13.3. The van der Waals surface area contributed by atoms with Crippen LogP contribution in [0, 0.1) is 0 Å². The van der Waals surface area contributed by atoms with Crippen molar-refractivity contribution in [1.82, 2.24) is 9.55 Å². The first-order valence-corrected chi connectivity index (χ1v) is 9.39. The molecule has 1 heterocycles. The number of hydrogen-bond acceptors (Lipinski definition) is 2. The monoisotopic (exact) mass is 434 g/mol. The molecule has 0 fully saturated rings. The van der Waals surface area contributed by atoms with Crippen LogP contribution in [0.4, 0.5) is 0 Å². The molecule has 0 unspecified atom stereocenters. The van der Waals surface area contributed by atoms with E-state index in [-0.39, 0.29) is 5.56 Å². The molecule has 0 N–H and O–H groups in total. The number of nitrogens with zero attached hydrogens (tertiary/aromatic N) is 2. The molecule has 3 aromatic carbocycles. The Morgan fingerprint density at radius 2 is 1.44 bits per heavy atom. The first-order chi connectivity index (χ1) is 13.0. The number of para-hydroxylation sites is 1. The maximum atomic E-state index is 13.3. The van der Waals surface area contributed by atoms with Crippen molar-refractivity contribution in [3.63, 3.8) is 0 Å². The molecular formula is C20H10Cl4N2O. The highest BCUT2D eigenvalue weighted by Crippen LogP contribution is 2.33. The molecule has 134 valence electrons. The average Bonchev–Trinajstić information content (AvgIpc) is 2.63. The topological polar surface area (TPSA) is 34.9 Å². The van der Waals surface area contributed by atoms with Crippen molar-refractivity contribution < 1.29 is 0 Å². The Balaban J connectivity index is 2.15. The Morgan fingerprint density at radius 3 is 2.15 bits per heavy atom. The van der Waals surface area contributed by atoms with Gasteiger partial charge in [-0.05, 0) is 48.5 Å². The molecular weight excluding hydrogens is 426 g/mol. The van der Waals surface area contributed by atoms with Gasteiger partial charge in [0.15, 0.2) is 0 Å². The molecule has 4 rings (SSSR count). The summed E-state index contributed by atoms with van der Waals surface area (Å²) in [6.07, 6.45) is 0. The third-order valence-corrected chi connectivity index (χ3v) is 5.18. The average molecular weight is 436 g/mol. The molecule has 0 saturated heterocycles. The largest absolute Gasteiger partial charge is 0.268 e. The van der Waals surface area contributed by atoms with Crippen molar-refractivity contribution in [1.29, 1.82) is 0 Å². The zero-order valence-corrected chi connectivity index (χ0v) is 16.6. The van der Waals surface area contributed by atoms with Gasteiger partial charge in [0.1, 0.15) is 5.82 Å². The van der Waals surface area contributed by atoms with Gasteiger partial charge >= 0.3 is 0 Å². The van der Waals surface area contributed by atoms with Gasteiger partial charge in [0.05, 0.1) is 26.6 Å². The predicted octanol–water partition coefficient (Wildman–Crippen LogP) is 6.67. The molecule has 0 aliphatic heterocycles. The third-order valence-electron chi connectivity index (χ3n) is 4.10. The Hall–Kier alpha value is -2.04. The standard InChI is InChI=1S/C20H10Cl4N2O/c21-11-5-7-13(15(23)9-11)19-25-17-4-2-1-3-14(17)20(27)26(19)18-8-6-12(22)10-16(18)24/h1-10H. The third kappa shape index (κ3) is 3.32. The van der Waals surface area contributed by atoms with Gasteiger partial charge in [-0.1, -0.05) is 58.5 Å². The van der Waals surface area contributed by atoms with Gasteiger partial charge in [0.2, 0.25) is 0 Å². The predicted molar refractivity (Wildman–Crippen MR) is 113 cm³/mol. The highest BCUT2D eigenvalue weighted by molar-refractivity contribution is 6.37. The van der Waals surface area contributed by atoms with Crippen molar-refractivity contribution in [3.8, 4) is 17.1 Å². The fourth-order valence-corrected chi connectivity index (χ4v) is 3.86. The van der Waals surface area contributed by atoms with E-state index in [4.69, 9.17) is 46.4 Å². The first kappa shape index (κ1) is 18.3. The molecule has 0 radical (unpaired) electrons. The summed E-state index contributed by atoms with van der Waals surface area (Å²) in [5.41, 5.74) is 1.33. The van der Waals surface area contributed by atoms with Gasteiger partial charge in [-0.15, -0.1) is 0 Å². The first-order valence-electron chi connectivity index (χ1n) is 7.88. The van der Waals surface area contributed by atoms with Crippen molar-refractivity contribution in [2.24, 2.45) is 0 Å². The SMILES string of the molecule is O=c1c2ccccc2nc(-c2ccc(Cl)cc2Cl)n1-c1ccc(Cl)cc1Cl. The van der Waals surface area contributed by atoms with E-state index >= 15 is 0 Å². The van der Waals surface area contributed by atoms with E-state index in [2.05, 4.69) is 4.98 Å². The molecule has 0 atom stereocenters. The Kier molecular flexibility index (Phi) is 4.87. The number of hydrogen-bond donors (Lipinski definition) is 0. The summed E-state index contributed by atoms with van der Waals surface area (Å²) >= 11 is 24.8. The Bertz CT molecular complexity index is 1250. The van der Waals surface area contributed by atoms with Crippen LogP contribution in [0.1, 0.15) is 0 Å². The summed E-state index contributed by atoms with van der Waals surface area (Å²) in [6.45, 7) is 0. The van der Waals surface area contributed by atoms with Gasteiger partial charge < -0.3 is 0 Å². The van der Waals surface area contributed by atoms with Gasteiger partial charge in [0.25, 0.3) is 5.56 Å². The van der Waals surface area contributed by atoms with Crippen molar-refractivity contribution in [3.05, 3.63) is 91.1 Å². The summed E-state index contributed by atoms with van der Waals surface area (Å²) in [7, 11) is 0. The highest BCUT2D eigenvalue weighted by atomic mass is 35.5. The van der Waals surface area contributed by atoms with E-state index < -0.39 is 0 Å². The molecule has 3 nitrogen and oxygen atoms in total. The quantitative estimate of drug-likeness (QED) is 0.352. The van der Waals surface area contributed by atoms with Crippen LogP contribution in [0.3, 0.4) is 0 Å². The van der Waals surface area contributed by atoms with Crippen LogP contribution in [0.25, 0.3) is 28.0 Å². The van der Waals surface area contributed by atoms with Gasteiger partial charge in [-0.2, -0.15) is 0 Å². The lowest BCUT2D eigenvalue weighted by molar-refractivity contribution is 0.976. The van der Waals surface area contributed by atoms with Gasteiger partial charge in [-0.25, -0.2) is 4.98 Å². The molecule has 1 aromatic heterocycles. The number of aromatic nitrogens is 2. The maximum Gasteiger partial charge on any atom is 0.266 e. The molecule has 0 spiro atoms. The summed E-state index contributed by atoms with van der Waals surface area (Å²) < 4.78 is 1.44. The lowest BCUT2D eigenvalue weighted by Crippen LogP contribution is -2.22. The minimum atomic E-state index is -0.258. The number of halogens is 4. The molecule has 0 aliphatic carbocycles. The van der Waals surface area contributed by atoms with Crippen molar-refractivity contribution in [2.75, 3.05) is 0 Å². The second-order valence-electron chi connectivity index (χ2n) is 5.81. The molecule has 0 amide bonds. The zero-order chi connectivity index (χ0) is 19.1. The van der Waals surface area contributed by atoms with E-state index in [1.807, 2.05) is 6.07 Å². The van der Waals surface area contributed by atoms with E-state index in [0.29, 0.717) is 48.1 Å². The second kappa shape index (κ2) is 7.17. The van der Waals surface area contributed by atoms with Crippen LogP contribution in [-0.4, -0.2) is 9.55 Å². The number of rotatable bonds is 2. The fraction of sp³-hybridized carbons (Fsp3) is 0. The van der Waals surface area contributed by atoms with Crippen LogP contribution in [0.5, 0.6) is 0 Å². The van der Waals surface area contributed by atoms with E-state index in [1.165, 1.54) is 4.57 Å². The Morgan fingerprint density at radius 1 is 0.778 bits per heavy atom. The van der Waals surface area contributed by atoms with Crippen LogP contribution in [-0.2, 0) is 0 Å². The number of fused-ring (bicyclic) bond motifs is 1. The van der Waals surface area contributed by atoms with Crippen molar-refractivity contribution >= 4 is 57.3 Å². The van der Waals surface area contributed by atoms with E-state index in [1.54, 1.807) is 54.6 Å².